The van der Waals surface area contributed by atoms with Crippen molar-refractivity contribution in [3.63, 3.8) is 0 Å². The molecule has 1 aliphatic heterocycles. The van der Waals surface area contributed by atoms with Gasteiger partial charge in [0.25, 0.3) is 0 Å². The molecule has 1 saturated carbocycles. The van der Waals surface area contributed by atoms with Gasteiger partial charge in [0.1, 0.15) is 0 Å². The van der Waals surface area contributed by atoms with Crippen LogP contribution in [0.15, 0.2) is 121 Å². The first-order valence-electron chi connectivity index (χ1n) is 10.6. The van der Waals surface area contributed by atoms with Crippen molar-refractivity contribution in [2.75, 3.05) is 0 Å². The Labute approximate surface area is 192 Å². The Morgan fingerprint density at radius 2 is 1.16 bits per heavy atom. The molecule has 2 aliphatic rings. The lowest BCUT2D eigenvalue weighted by Gasteiger charge is -2.19. The van der Waals surface area contributed by atoms with E-state index >= 15 is 0 Å². The van der Waals surface area contributed by atoms with Crippen LogP contribution in [0.5, 0.6) is 0 Å². The van der Waals surface area contributed by atoms with Gasteiger partial charge in [-0.1, -0.05) is 121 Å². The Hall–Kier alpha value is -2.74. The molecule has 3 atom stereocenters. The van der Waals surface area contributed by atoms with Gasteiger partial charge < -0.3 is 0 Å². The third kappa shape index (κ3) is 2.70. The van der Waals surface area contributed by atoms with E-state index < -0.39 is 0 Å². The van der Waals surface area contributed by atoms with E-state index in [1.165, 1.54) is 27.2 Å². The van der Waals surface area contributed by atoms with Crippen LogP contribution in [-0.2, 0) is 10.2 Å². The Bertz CT molecular complexity index is 1250. The van der Waals surface area contributed by atoms with Crippen LogP contribution >= 0.6 is 23.4 Å². The van der Waals surface area contributed by atoms with E-state index in [4.69, 9.17) is 11.6 Å². The van der Waals surface area contributed by atoms with E-state index in [9.17, 15) is 0 Å². The maximum Gasteiger partial charge on any atom is 0.0674 e. The molecule has 0 aromatic heterocycles. The molecule has 2 heteroatoms. The molecule has 4 aromatic carbocycles. The number of hydrogen-bond acceptors (Lipinski definition) is 1. The highest BCUT2D eigenvalue weighted by Gasteiger charge is 2.80. The molecule has 1 heterocycles. The Morgan fingerprint density at radius 1 is 0.613 bits per heavy atom. The number of halogens is 1. The quantitative estimate of drug-likeness (QED) is 0.311. The molecular weight excluding hydrogens is 416 g/mol. The molecule has 31 heavy (non-hydrogen) atoms. The van der Waals surface area contributed by atoms with Crippen LogP contribution in [0, 0.1) is 0 Å². The second kappa shape index (κ2) is 7.15. The van der Waals surface area contributed by atoms with Crippen LogP contribution in [0.4, 0.5) is 0 Å². The second-order valence-corrected chi connectivity index (χ2v) is 10.0. The summed E-state index contributed by atoms with van der Waals surface area (Å²) in [7, 11) is 0. The lowest BCUT2D eigenvalue weighted by Crippen LogP contribution is -2.13. The summed E-state index contributed by atoms with van der Waals surface area (Å²) in [5.41, 5.74) is 5.29. The monoisotopic (exact) mass is 436 g/mol. The van der Waals surface area contributed by atoms with Crippen molar-refractivity contribution in [1.82, 2.24) is 0 Å². The van der Waals surface area contributed by atoms with Crippen LogP contribution in [-0.4, -0.2) is 0 Å². The number of hydrogen-bond donors (Lipinski definition) is 0. The van der Waals surface area contributed by atoms with Gasteiger partial charge >= 0.3 is 0 Å². The normalized spacial score (nSPS) is 26.2. The average Bonchev–Trinajstić information content (AvgIpc) is 3.26. The summed E-state index contributed by atoms with van der Waals surface area (Å²) in [5.74, 6) is 0.347. The fourth-order valence-corrected chi connectivity index (χ4v) is 7.51. The molecule has 1 aliphatic carbocycles. The van der Waals surface area contributed by atoms with E-state index in [0.29, 0.717) is 5.92 Å². The van der Waals surface area contributed by atoms with Gasteiger partial charge in [-0.2, -0.15) is 0 Å². The van der Waals surface area contributed by atoms with Crippen molar-refractivity contribution >= 4 is 28.3 Å². The third-order valence-electron chi connectivity index (χ3n) is 6.74. The van der Waals surface area contributed by atoms with Crippen molar-refractivity contribution in [3.05, 3.63) is 149 Å². The summed E-state index contributed by atoms with van der Waals surface area (Å²) in [4.78, 5) is 1.36. The molecule has 6 rings (SSSR count). The molecule has 150 valence electrons. The second-order valence-electron chi connectivity index (χ2n) is 8.30. The number of fused-ring (bicyclic) bond motifs is 1. The fourth-order valence-electron chi connectivity index (χ4n) is 5.44. The standard InChI is InChI=1S/C29H21ClS/c30-25-18-16-22(17-19-25)27-28(23-12-6-2-7-13-23)20-26(21-10-4-1-5-11-21)31-29(27,28)24-14-8-3-9-15-24/h1-20,27H. The van der Waals surface area contributed by atoms with Crippen LogP contribution in [0.2, 0.25) is 5.02 Å². The van der Waals surface area contributed by atoms with Crippen molar-refractivity contribution < 1.29 is 0 Å². The predicted molar refractivity (Wildman–Crippen MR) is 132 cm³/mol. The molecule has 0 spiro atoms. The molecule has 3 unspecified atom stereocenters. The molecule has 0 radical (unpaired) electrons. The zero-order chi connectivity index (χ0) is 20.9. The van der Waals surface area contributed by atoms with E-state index in [-0.39, 0.29) is 10.2 Å². The molecule has 0 nitrogen and oxygen atoms in total. The Morgan fingerprint density at radius 3 is 1.77 bits per heavy atom. The van der Waals surface area contributed by atoms with Crippen molar-refractivity contribution in [3.8, 4) is 0 Å². The first-order valence-corrected chi connectivity index (χ1v) is 11.8. The predicted octanol–water partition coefficient (Wildman–Crippen LogP) is 8.06. The summed E-state index contributed by atoms with van der Waals surface area (Å²) in [6.45, 7) is 0. The summed E-state index contributed by atoms with van der Waals surface area (Å²) in [6, 6.07) is 41.3. The largest absolute Gasteiger partial charge is 0.112 e. The molecule has 0 saturated heterocycles. The average molecular weight is 437 g/mol. The fraction of sp³-hybridized carbons (Fsp3) is 0.103. The zero-order valence-corrected chi connectivity index (χ0v) is 18.5. The molecule has 0 amide bonds. The maximum absolute atomic E-state index is 6.25. The van der Waals surface area contributed by atoms with Crippen LogP contribution in [0.25, 0.3) is 4.91 Å². The van der Waals surface area contributed by atoms with Crippen LogP contribution in [0.1, 0.15) is 28.2 Å². The van der Waals surface area contributed by atoms with Gasteiger partial charge in [0.15, 0.2) is 0 Å². The highest BCUT2D eigenvalue weighted by Crippen LogP contribution is 2.85. The topological polar surface area (TPSA) is 0 Å². The summed E-state index contributed by atoms with van der Waals surface area (Å²) >= 11 is 8.27. The number of rotatable bonds is 4. The molecule has 4 aromatic rings. The van der Waals surface area contributed by atoms with Gasteiger partial charge in [-0.25, -0.2) is 0 Å². The molecule has 1 fully saturated rings. The number of benzene rings is 4. The van der Waals surface area contributed by atoms with E-state index in [1.807, 2.05) is 23.9 Å². The number of thioether (sulfide) groups is 1. The van der Waals surface area contributed by atoms with E-state index in [0.717, 1.165) is 5.02 Å². The minimum atomic E-state index is -0.0979. The minimum Gasteiger partial charge on any atom is -0.112 e. The lowest BCUT2D eigenvalue weighted by atomic mass is 9.88. The summed E-state index contributed by atoms with van der Waals surface area (Å²) in [6.07, 6.45) is 2.54. The number of allylic oxidation sites excluding steroid dienone is 1. The SMILES string of the molecule is Clc1ccc(C2C3(c4ccccc4)C=C(c4ccccc4)SC23c2ccccc2)cc1. The van der Waals surface area contributed by atoms with Crippen molar-refractivity contribution in [2.45, 2.75) is 16.1 Å². The Balaban J connectivity index is 1.61. The lowest BCUT2D eigenvalue weighted by molar-refractivity contribution is 0.809. The maximum atomic E-state index is 6.25. The molecule has 0 N–H and O–H groups in total. The first-order chi connectivity index (χ1) is 15.3. The van der Waals surface area contributed by atoms with Gasteiger partial charge in [-0.3, -0.25) is 0 Å². The van der Waals surface area contributed by atoms with Gasteiger partial charge in [0.05, 0.1) is 4.75 Å². The van der Waals surface area contributed by atoms with Gasteiger partial charge in [0.2, 0.25) is 0 Å². The summed E-state index contributed by atoms with van der Waals surface area (Å²) < 4.78 is -0.0748. The molecular formula is C29H21ClS. The van der Waals surface area contributed by atoms with E-state index in [2.05, 4.69) is 109 Å². The van der Waals surface area contributed by atoms with Crippen LogP contribution in [0.3, 0.4) is 0 Å². The highest BCUT2D eigenvalue weighted by molar-refractivity contribution is 8.10. The van der Waals surface area contributed by atoms with Crippen molar-refractivity contribution in [2.24, 2.45) is 0 Å². The van der Waals surface area contributed by atoms with Crippen molar-refractivity contribution in [1.29, 1.82) is 0 Å². The minimum absolute atomic E-state index is 0.0748. The van der Waals surface area contributed by atoms with Crippen LogP contribution < -0.4 is 0 Å². The third-order valence-corrected chi connectivity index (χ3v) is 8.70. The summed E-state index contributed by atoms with van der Waals surface area (Å²) in [5, 5.41) is 0.783. The first kappa shape index (κ1) is 19.0. The Kier molecular flexibility index (Phi) is 4.38. The van der Waals surface area contributed by atoms with E-state index in [1.54, 1.807) is 0 Å². The smallest absolute Gasteiger partial charge is 0.0674 e. The highest BCUT2D eigenvalue weighted by atomic mass is 35.5. The van der Waals surface area contributed by atoms with Gasteiger partial charge in [0, 0.05) is 21.3 Å². The zero-order valence-electron chi connectivity index (χ0n) is 16.9. The van der Waals surface area contributed by atoms with Gasteiger partial charge in [-0.15, -0.1) is 11.8 Å². The molecule has 0 bridgehead atoms. The van der Waals surface area contributed by atoms with Gasteiger partial charge in [-0.05, 0) is 34.4 Å².